The van der Waals surface area contributed by atoms with Crippen LogP contribution in [0.25, 0.3) is 0 Å². The molecule has 1 aromatic carbocycles. The summed E-state index contributed by atoms with van der Waals surface area (Å²) in [7, 11) is 5.76. The number of benzene rings is 1. The Morgan fingerprint density at radius 2 is 1.88 bits per heavy atom. The molecule has 0 saturated heterocycles. The summed E-state index contributed by atoms with van der Waals surface area (Å²) in [6.07, 6.45) is 8.36. The van der Waals surface area contributed by atoms with Gasteiger partial charge in [-0.3, -0.25) is 4.79 Å². The summed E-state index contributed by atoms with van der Waals surface area (Å²) < 4.78 is 5.21. The van der Waals surface area contributed by atoms with Crippen LogP contribution in [-0.4, -0.2) is 38.6 Å². The van der Waals surface area contributed by atoms with Crippen LogP contribution in [0, 0.1) is 5.92 Å². The van der Waals surface area contributed by atoms with E-state index in [2.05, 4.69) is 22.3 Å². The third-order valence-corrected chi connectivity index (χ3v) is 5.12. The van der Waals surface area contributed by atoms with Crippen LogP contribution >= 0.6 is 0 Å². The predicted molar refractivity (Wildman–Crippen MR) is 98.2 cm³/mol. The van der Waals surface area contributed by atoms with E-state index < -0.39 is 0 Å². The molecule has 0 aliphatic heterocycles. The van der Waals surface area contributed by atoms with Crippen molar-refractivity contribution in [3.05, 3.63) is 29.8 Å². The number of likely N-dealkylation sites (N-methyl/N-ethyl adjacent to an activating group) is 1. The van der Waals surface area contributed by atoms with Gasteiger partial charge in [-0.25, -0.2) is 0 Å². The fourth-order valence-electron chi connectivity index (χ4n) is 3.53. The maximum Gasteiger partial charge on any atom is 0.220 e. The van der Waals surface area contributed by atoms with Crippen LogP contribution in [0.3, 0.4) is 0 Å². The van der Waals surface area contributed by atoms with Gasteiger partial charge < -0.3 is 15.0 Å². The molecule has 0 heterocycles. The van der Waals surface area contributed by atoms with Crippen molar-refractivity contribution in [1.29, 1.82) is 0 Å². The summed E-state index contributed by atoms with van der Waals surface area (Å²) in [5.74, 6) is 1.80. The van der Waals surface area contributed by atoms with Gasteiger partial charge in [0.2, 0.25) is 5.91 Å². The van der Waals surface area contributed by atoms with Crippen LogP contribution in [-0.2, 0) is 4.79 Å². The minimum atomic E-state index is 0.175. The highest BCUT2D eigenvalue weighted by Crippen LogP contribution is 2.27. The highest BCUT2D eigenvalue weighted by Gasteiger charge is 2.17. The Bertz CT molecular complexity index is 493. The molecule has 134 valence electrons. The molecular weight excluding hydrogens is 300 g/mol. The molecular formula is C20H32N2O2. The molecule has 0 aromatic heterocycles. The first-order valence-corrected chi connectivity index (χ1v) is 9.17. The van der Waals surface area contributed by atoms with Gasteiger partial charge in [0.25, 0.3) is 0 Å². The van der Waals surface area contributed by atoms with E-state index in [1.54, 1.807) is 7.11 Å². The van der Waals surface area contributed by atoms with E-state index >= 15 is 0 Å². The van der Waals surface area contributed by atoms with Gasteiger partial charge in [0.1, 0.15) is 5.75 Å². The van der Waals surface area contributed by atoms with E-state index in [9.17, 15) is 4.79 Å². The smallest absolute Gasteiger partial charge is 0.220 e. The molecule has 1 N–H and O–H groups in total. The minimum absolute atomic E-state index is 0.175. The van der Waals surface area contributed by atoms with Crippen LogP contribution in [0.5, 0.6) is 5.75 Å². The van der Waals surface area contributed by atoms with Crippen molar-refractivity contribution in [2.75, 3.05) is 27.7 Å². The first kappa shape index (κ1) is 18.8. The standard InChI is InChI=1S/C20H32N2O2/c1-22(2)19(17-10-12-18(24-3)13-11-17)15-21-20(23)14-9-16-7-5-4-6-8-16/h10-13,16,19H,4-9,14-15H2,1-3H3,(H,21,23). The molecule has 4 nitrogen and oxygen atoms in total. The number of rotatable bonds is 8. The van der Waals surface area contributed by atoms with Gasteiger partial charge in [0.05, 0.1) is 13.2 Å². The average molecular weight is 332 g/mol. The van der Waals surface area contributed by atoms with Gasteiger partial charge in [-0.05, 0) is 44.1 Å². The molecule has 1 saturated carbocycles. The third-order valence-electron chi connectivity index (χ3n) is 5.12. The normalized spacial score (nSPS) is 16.8. The third kappa shape index (κ3) is 5.82. The number of hydrogen-bond donors (Lipinski definition) is 1. The van der Waals surface area contributed by atoms with Gasteiger partial charge in [0, 0.05) is 13.0 Å². The highest BCUT2D eigenvalue weighted by atomic mass is 16.5. The van der Waals surface area contributed by atoms with Crippen LogP contribution in [0.15, 0.2) is 24.3 Å². The Morgan fingerprint density at radius 3 is 2.46 bits per heavy atom. The number of amides is 1. The SMILES string of the molecule is COc1ccc(C(CNC(=O)CCC2CCCCC2)N(C)C)cc1. The van der Waals surface area contributed by atoms with Crippen molar-refractivity contribution in [2.45, 2.75) is 51.0 Å². The molecule has 1 aromatic rings. The zero-order valence-corrected chi connectivity index (χ0v) is 15.4. The number of nitrogens with one attached hydrogen (secondary N) is 1. The maximum absolute atomic E-state index is 12.2. The fourth-order valence-corrected chi connectivity index (χ4v) is 3.53. The van der Waals surface area contributed by atoms with Gasteiger partial charge in [-0.15, -0.1) is 0 Å². The number of carbonyl (C=O) groups is 1. The average Bonchev–Trinajstić information content (AvgIpc) is 2.61. The minimum Gasteiger partial charge on any atom is -0.497 e. The monoisotopic (exact) mass is 332 g/mol. The molecule has 1 amide bonds. The lowest BCUT2D eigenvalue weighted by Crippen LogP contribution is -2.34. The van der Waals surface area contributed by atoms with Crippen molar-refractivity contribution in [2.24, 2.45) is 5.92 Å². The van der Waals surface area contributed by atoms with Gasteiger partial charge >= 0.3 is 0 Å². The van der Waals surface area contributed by atoms with Crippen molar-refractivity contribution in [3.63, 3.8) is 0 Å². The van der Waals surface area contributed by atoms with Crippen LogP contribution in [0.2, 0.25) is 0 Å². The zero-order chi connectivity index (χ0) is 17.4. The summed E-state index contributed by atoms with van der Waals surface area (Å²) >= 11 is 0. The molecule has 1 atom stereocenters. The summed E-state index contributed by atoms with van der Waals surface area (Å²) in [6.45, 7) is 0.642. The number of nitrogens with zero attached hydrogens (tertiary/aromatic N) is 1. The Labute approximate surface area is 146 Å². The van der Waals surface area contributed by atoms with E-state index in [0.717, 1.165) is 18.1 Å². The van der Waals surface area contributed by atoms with E-state index in [4.69, 9.17) is 4.74 Å². The summed E-state index contributed by atoms with van der Waals surface area (Å²) in [5.41, 5.74) is 1.19. The van der Waals surface area contributed by atoms with E-state index in [0.29, 0.717) is 13.0 Å². The van der Waals surface area contributed by atoms with Crippen molar-refractivity contribution < 1.29 is 9.53 Å². The largest absolute Gasteiger partial charge is 0.497 e. The second kappa shape index (κ2) is 9.67. The van der Waals surface area contributed by atoms with E-state index in [-0.39, 0.29) is 11.9 Å². The summed E-state index contributed by atoms with van der Waals surface area (Å²) in [5, 5.41) is 3.12. The van der Waals surface area contributed by atoms with Crippen molar-refractivity contribution >= 4 is 5.91 Å². The van der Waals surface area contributed by atoms with Crippen LogP contribution in [0.4, 0.5) is 0 Å². The summed E-state index contributed by atoms with van der Waals surface area (Å²) in [6, 6.07) is 8.25. The number of carbonyl (C=O) groups excluding carboxylic acids is 1. The van der Waals surface area contributed by atoms with Crippen molar-refractivity contribution in [1.82, 2.24) is 10.2 Å². The maximum atomic E-state index is 12.2. The molecule has 1 aliphatic rings. The number of ether oxygens (including phenoxy) is 1. The Balaban J connectivity index is 1.80. The zero-order valence-electron chi connectivity index (χ0n) is 15.4. The van der Waals surface area contributed by atoms with Crippen LogP contribution < -0.4 is 10.1 Å². The lowest BCUT2D eigenvalue weighted by atomic mass is 9.86. The second-order valence-electron chi connectivity index (χ2n) is 7.10. The van der Waals surface area contributed by atoms with Gasteiger partial charge in [-0.1, -0.05) is 44.2 Å². The molecule has 24 heavy (non-hydrogen) atoms. The van der Waals surface area contributed by atoms with Gasteiger partial charge in [0.15, 0.2) is 0 Å². The Morgan fingerprint density at radius 1 is 1.21 bits per heavy atom. The lowest BCUT2D eigenvalue weighted by molar-refractivity contribution is -0.121. The molecule has 2 rings (SSSR count). The quantitative estimate of drug-likeness (QED) is 0.788. The van der Waals surface area contributed by atoms with E-state index in [1.807, 2.05) is 26.2 Å². The molecule has 1 fully saturated rings. The number of hydrogen-bond acceptors (Lipinski definition) is 3. The lowest BCUT2D eigenvalue weighted by Gasteiger charge is -2.26. The van der Waals surface area contributed by atoms with Gasteiger partial charge in [-0.2, -0.15) is 0 Å². The Kier molecular flexibility index (Phi) is 7.57. The highest BCUT2D eigenvalue weighted by molar-refractivity contribution is 5.75. The topological polar surface area (TPSA) is 41.6 Å². The fraction of sp³-hybridized carbons (Fsp3) is 0.650. The molecule has 0 spiro atoms. The van der Waals surface area contributed by atoms with Crippen molar-refractivity contribution in [3.8, 4) is 5.75 Å². The first-order chi connectivity index (χ1) is 11.6. The molecule has 4 heteroatoms. The molecule has 0 bridgehead atoms. The molecule has 0 radical (unpaired) electrons. The molecule has 1 aliphatic carbocycles. The summed E-state index contributed by atoms with van der Waals surface area (Å²) in [4.78, 5) is 14.3. The Hall–Kier alpha value is -1.55. The first-order valence-electron chi connectivity index (χ1n) is 9.17. The second-order valence-corrected chi connectivity index (χ2v) is 7.10. The predicted octanol–water partition coefficient (Wildman–Crippen LogP) is 3.77. The molecule has 1 unspecified atom stereocenters. The van der Waals surface area contributed by atoms with E-state index in [1.165, 1.54) is 37.7 Å². The van der Waals surface area contributed by atoms with Crippen LogP contribution in [0.1, 0.15) is 56.6 Å². The number of methoxy groups -OCH3 is 1.